The largest absolute Gasteiger partial charge is 0.302 e. The van der Waals surface area contributed by atoms with Crippen LogP contribution in [0.25, 0.3) is 10.2 Å². The maximum absolute atomic E-state index is 13.1. The van der Waals surface area contributed by atoms with Gasteiger partial charge in [-0.1, -0.05) is 61.6 Å². The molecule has 0 aliphatic carbocycles. The monoisotopic (exact) mass is 395 g/mol. The van der Waals surface area contributed by atoms with E-state index in [9.17, 15) is 4.79 Å². The number of hydrogen-bond acceptors (Lipinski definition) is 4. The van der Waals surface area contributed by atoms with Crippen molar-refractivity contribution in [2.45, 2.75) is 33.6 Å². The number of anilines is 1. The molecular formula is C23H29N3OS. The summed E-state index contributed by atoms with van der Waals surface area (Å²) in [6.45, 7) is 9.91. The molecule has 0 spiro atoms. The molecule has 0 aliphatic rings. The van der Waals surface area contributed by atoms with E-state index < -0.39 is 0 Å². The fourth-order valence-corrected chi connectivity index (χ4v) is 4.38. The summed E-state index contributed by atoms with van der Waals surface area (Å²) in [5.41, 5.74) is 3.38. The number of benzene rings is 2. The normalized spacial score (nSPS) is 11.3. The quantitative estimate of drug-likeness (QED) is 0.516. The van der Waals surface area contributed by atoms with Crippen LogP contribution in [0.3, 0.4) is 0 Å². The van der Waals surface area contributed by atoms with Crippen molar-refractivity contribution in [3.63, 3.8) is 0 Å². The Hall–Kier alpha value is -2.24. The highest BCUT2D eigenvalue weighted by molar-refractivity contribution is 7.22. The third-order valence-corrected chi connectivity index (χ3v) is 6.11. The minimum Gasteiger partial charge on any atom is -0.302 e. The topological polar surface area (TPSA) is 36.4 Å². The molecule has 28 heavy (non-hydrogen) atoms. The van der Waals surface area contributed by atoms with Crippen LogP contribution in [0.5, 0.6) is 0 Å². The first-order valence-corrected chi connectivity index (χ1v) is 10.9. The molecule has 0 bridgehead atoms. The molecule has 0 fully saturated rings. The Bertz CT molecular complexity index is 903. The van der Waals surface area contributed by atoms with E-state index in [1.807, 2.05) is 29.2 Å². The zero-order chi connectivity index (χ0) is 19.9. The average molecular weight is 396 g/mol. The van der Waals surface area contributed by atoms with Gasteiger partial charge in [-0.15, -0.1) is 0 Å². The molecule has 3 aromatic rings. The molecule has 0 aliphatic heterocycles. The van der Waals surface area contributed by atoms with Crippen LogP contribution < -0.4 is 4.90 Å². The lowest BCUT2D eigenvalue weighted by molar-refractivity contribution is -0.118. The Balaban J connectivity index is 1.79. The Labute approximate surface area is 171 Å². The molecule has 2 aromatic carbocycles. The maximum atomic E-state index is 13.1. The summed E-state index contributed by atoms with van der Waals surface area (Å²) in [5, 5.41) is 0.811. The molecule has 0 unspecified atom stereocenters. The lowest BCUT2D eigenvalue weighted by atomic mass is 10.1. The van der Waals surface area contributed by atoms with Gasteiger partial charge in [0.25, 0.3) is 0 Å². The minimum absolute atomic E-state index is 0.145. The fourth-order valence-electron chi connectivity index (χ4n) is 3.27. The van der Waals surface area contributed by atoms with Gasteiger partial charge in [0.2, 0.25) is 5.91 Å². The van der Waals surface area contributed by atoms with Crippen molar-refractivity contribution in [1.82, 2.24) is 9.88 Å². The van der Waals surface area contributed by atoms with Crippen molar-refractivity contribution < 1.29 is 4.79 Å². The van der Waals surface area contributed by atoms with Gasteiger partial charge in [0, 0.05) is 19.5 Å². The summed E-state index contributed by atoms with van der Waals surface area (Å²) in [5.74, 6) is 0.145. The predicted octanol–water partition coefficient (Wildman–Crippen LogP) is 4.91. The van der Waals surface area contributed by atoms with Crippen molar-refractivity contribution in [2.75, 3.05) is 31.1 Å². The highest BCUT2D eigenvalue weighted by atomic mass is 32.1. The van der Waals surface area contributed by atoms with Crippen molar-refractivity contribution in [3.05, 3.63) is 59.7 Å². The summed E-state index contributed by atoms with van der Waals surface area (Å²) < 4.78 is 1.14. The van der Waals surface area contributed by atoms with E-state index >= 15 is 0 Å². The number of nitrogens with zero attached hydrogens (tertiary/aromatic N) is 3. The molecule has 0 radical (unpaired) electrons. The van der Waals surface area contributed by atoms with Gasteiger partial charge in [0.1, 0.15) is 0 Å². The lowest BCUT2D eigenvalue weighted by Crippen LogP contribution is -2.39. The van der Waals surface area contributed by atoms with Crippen LogP contribution in [0, 0.1) is 6.92 Å². The van der Waals surface area contributed by atoms with E-state index in [2.05, 4.69) is 49.9 Å². The van der Waals surface area contributed by atoms with Crippen molar-refractivity contribution >= 4 is 32.6 Å². The zero-order valence-electron chi connectivity index (χ0n) is 17.0. The van der Waals surface area contributed by atoms with E-state index in [1.54, 1.807) is 11.3 Å². The number of aromatic nitrogens is 1. The number of carbonyl (C=O) groups is 1. The molecule has 4 nitrogen and oxygen atoms in total. The summed E-state index contributed by atoms with van der Waals surface area (Å²) >= 11 is 1.61. The second kappa shape index (κ2) is 9.80. The number of carbonyl (C=O) groups excluding carboxylic acids is 1. The Kier molecular flexibility index (Phi) is 7.18. The molecule has 1 aromatic heterocycles. The number of hydrogen-bond donors (Lipinski definition) is 0. The standard InChI is InChI=1S/C23H29N3OS/c1-4-25(5-2)15-16-26(22(27)14-12-19-9-7-6-8-10-19)23-24-20-13-11-18(3)17-21(20)28-23/h6-11,13,17H,4-5,12,14-16H2,1-3H3. The van der Waals surface area contributed by atoms with Gasteiger partial charge >= 0.3 is 0 Å². The molecule has 1 amide bonds. The van der Waals surface area contributed by atoms with Crippen molar-refractivity contribution in [3.8, 4) is 0 Å². The summed E-state index contributed by atoms with van der Waals surface area (Å²) in [4.78, 5) is 22.1. The third-order valence-electron chi connectivity index (χ3n) is 5.07. The van der Waals surface area contributed by atoms with Crippen LogP contribution in [0.1, 0.15) is 31.4 Å². The van der Waals surface area contributed by atoms with Crippen LogP contribution in [0.4, 0.5) is 5.13 Å². The van der Waals surface area contributed by atoms with Gasteiger partial charge in [0.05, 0.1) is 10.2 Å². The second-order valence-corrected chi connectivity index (χ2v) is 8.03. The van der Waals surface area contributed by atoms with Crippen LogP contribution in [-0.2, 0) is 11.2 Å². The first-order chi connectivity index (χ1) is 13.6. The smallest absolute Gasteiger partial charge is 0.229 e. The van der Waals surface area contributed by atoms with Crippen LogP contribution >= 0.6 is 11.3 Å². The molecular weight excluding hydrogens is 366 g/mol. The first kappa shape index (κ1) is 20.5. The Morgan fingerprint density at radius 1 is 1.04 bits per heavy atom. The lowest BCUT2D eigenvalue weighted by Gasteiger charge is -2.24. The van der Waals surface area contributed by atoms with Gasteiger partial charge in [-0.3, -0.25) is 9.69 Å². The van der Waals surface area contributed by atoms with Gasteiger partial charge in [-0.25, -0.2) is 4.98 Å². The average Bonchev–Trinajstić information content (AvgIpc) is 3.13. The van der Waals surface area contributed by atoms with E-state index in [0.29, 0.717) is 13.0 Å². The van der Waals surface area contributed by atoms with Crippen LogP contribution in [-0.4, -0.2) is 42.0 Å². The molecule has 0 atom stereocenters. The van der Waals surface area contributed by atoms with Crippen LogP contribution in [0.15, 0.2) is 48.5 Å². The second-order valence-electron chi connectivity index (χ2n) is 7.03. The predicted molar refractivity (Wildman–Crippen MR) is 119 cm³/mol. The summed E-state index contributed by atoms with van der Waals surface area (Å²) in [6, 6.07) is 16.5. The van der Waals surface area contributed by atoms with Gasteiger partial charge in [-0.05, 0) is 49.7 Å². The van der Waals surface area contributed by atoms with Crippen molar-refractivity contribution in [1.29, 1.82) is 0 Å². The van der Waals surface area contributed by atoms with Crippen LogP contribution in [0.2, 0.25) is 0 Å². The molecule has 148 valence electrons. The Morgan fingerprint density at radius 2 is 1.79 bits per heavy atom. The number of amides is 1. The number of aryl methyl sites for hydroxylation is 2. The highest BCUT2D eigenvalue weighted by Crippen LogP contribution is 2.30. The van der Waals surface area contributed by atoms with Gasteiger partial charge < -0.3 is 4.90 Å². The van der Waals surface area contributed by atoms with E-state index in [4.69, 9.17) is 4.98 Å². The highest BCUT2D eigenvalue weighted by Gasteiger charge is 2.20. The van der Waals surface area contributed by atoms with E-state index in [-0.39, 0.29) is 5.91 Å². The number of rotatable bonds is 9. The SMILES string of the molecule is CCN(CC)CCN(C(=O)CCc1ccccc1)c1nc2ccc(C)cc2s1. The van der Waals surface area contributed by atoms with E-state index in [0.717, 1.165) is 41.4 Å². The van der Waals surface area contributed by atoms with Gasteiger partial charge in [0.15, 0.2) is 5.13 Å². The fraction of sp³-hybridized carbons (Fsp3) is 0.391. The molecule has 0 saturated carbocycles. The van der Waals surface area contributed by atoms with Gasteiger partial charge in [-0.2, -0.15) is 0 Å². The molecule has 0 N–H and O–H groups in total. The van der Waals surface area contributed by atoms with Crippen molar-refractivity contribution in [2.24, 2.45) is 0 Å². The number of fused-ring (bicyclic) bond motifs is 1. The Morgan fingerprint density at radius 3 is 2.50 bits per heavy atom. The molecule has 1 heterocycles. The third kappa shape index (κ3) is 5.18. The van der Waals surface area contributed by atoms with E-state index in [1.165, 1.54) is 11.1 Å². The number of likely N-dealkylation sites (N-methyl/N-ethyl adjacent to an activating group) is 1. The summed E-state index contributed by atoms with van der Waals surface area (Å²) in [7, 11) is 0. The minimum atomic E-state index is 0.145. The molecule has 3 rings (SSSR count). The first-order valence-electron chi connectivity index (χ1n) is 10.0. The molecule has 0 saturated heterocycles. The molecule has 5 heteroatoms. The summed E-state index contributed by atoms with van der Waals surface area (Å²) in [6.07, 6.45) is 1.25. The number of thiazole rings is 1. The zero-order valence-corrected chi connectivity index (χ0v) is 17.8. The maximum Gasteiger partial charge on any atom is 0.229 e.